The van der Waals surface area contributed by atoms with E-state index in [1.807, 2.05) is 22.4 Å². The Labute approximate surface area is 120 Å². The van der Waals surface area contributed by atoms with Gasteiger partial charge in [-0.15, -0.1) is 11.3 Å². The lowest BCUT2D eigenvalue weighted by molar-refractivity contribution is -0.131. The summed E-state index contributed by atoms with van der Waals surface area (Å²) >= 11 is 1.67. The van der Waals surface area contributed by atoms with Crippen molar-refractivity contribution in [1.82, 2.24) is 10.2 Å². The van der Waals surface area contributed by atoms with Crippen molar-refractivity contribution >= 4 is 17.2 Å². The summed E-state index contributed by atoms with van der Waals surface area (Å²) in [6.45, 7) is 7.17. The lowest BCUT2D eigenvalue weighted by Gasteiger charge is -2.27. The maximum atomic E-state index is 12.4. The lowest BCUT2D eigenvalue weighted by Crippen LogP contribution is -2.43. The van der Waals surface area contributed by atoms with Crippen LogP contribution in [0, 0.1) is 5.92 Å². The van der Waals surface area contributed by atoms with Gasteiger partial charge in [-0.1, -0.05) is 19.9 Å². The predicted octanol–water partition coefficient (Wildman–Crippen LogP) is 2.53. The zero-order valence-corrected chi connectivity index (χ0v) is 12.7. The molecule has 1 saturated heterocycles. The van der Waals surface area contributed by atoms with Gasteiger partial charge in [-0.2, -0.15) is 0 Å². The second-order valence-electron chi connectivity index (χ2n) is 5.74. The van der Waals surface area contributed by atoms with E-state index in [9.17, 15) is 4.79 Å². The number of nitrogens with zero attached hydrogens (tertiary/aromatic N) is 1. The van der Waals surface area contributed by atoms with E-state index in [2.05, 4.69) is 19.2 Å². The summed E-state index contributed by atoms with van der Waals surface area (Å²) in [6.07, 6.45) is 2.98. The van der Waals surface area contributed by atoms with Crippen LogP contribution in [0.4, 0.5) is 0 Å². The first-order valence-corrected chi connectivity index (χ1v) is 8.06. The van der Waals surface area contributed by atoms with Gasteiger partial charge in [0.2, 0.25) is 5.91 Å². The molecular weight excluding hydrogens is 256 g/mol. The molecule has 0 saturated carbocycles. The van der Waals surface area contributed by atoms with Crippen molar-refractivity contribution < 1.29 is 4.79 Å². The molecule has 4 heteroatoms. The zero-order valence-electron chi connectivity index (χ0n) is 11.9. The first-order chi connectivity index (χ1) is 9.15. The quantitative estimate of drug-likeness (QED) is 0.868. The molecule has 1 atom stereocenters. The van der Waals surface area contributed by atoms with Gasteiger partial charge in [0.05, 0.1) is 6.42 Å². The van der Waals surface area contributed by atoms with E-state index in [1.165, 1.54) is 12.8 Å². The molecule has 1 aliphatic heterocycles. The van der Waals surface area contributed by atoms with Crippen molar-refractivity contribution in [2.75, 3.05) is 19.6 Å². The molecule has 1 aliphatic rings. The summed E-state index contributed by atoms with van der Waals surface area (Å²) in [4.78, 5) is 15.7. The van der Waals surface area contributed by atoms with Crippen molar-refractivity contribution in [3.63, 3.8) is 0 Å². The van der Waals surface area contributed by atoms with Crippen molar-refractivity contribution in [3.8, 4) is 0 Å². The Morgan fingerprint density at radius 1 is 1.58 bits per heavy atom. The molecule has 1 amide bonds. The van der Waals surface area contributed by atoms with Gasteiger partial charge >= 0.3 is 0 Å². The van der Waals surface area contributed by atoms with Crippen molar-refractivity contribution in [1.29, 1.82) is 0 Å². The summed E-state index contributed by atoms with van der Waals surface area (Å²) in [7, 11) is 0. The normalized spacial score (nSPS) is 19.0. The van der Waals surface area contributed by atoms with Crippen LogP contribution in [0.15, 0.2) is 17.5 Å². The first kappa shape index (κ1) is 14.5. The Morgan fingerprint density at radius 3 is 3.00 bits per heavy atom. The average Bonchev–Trinajstić information content (AvgIpc) is 3.00. The molecule has 1 aromatic rings. The molecule has 1 N–H and O–H groups in total. The number of hydrogen-bond acceptors (Lipinski definition) is 3. The van der Waals surface area contributed by atoms with Gasteiger partial charge in [0.1, 0.15) is 0 Å². The minimum Gasteiger partial charge on any atom is -0.341 e. The van der Waals surface area contributed by atoms with Crippen molar-refractivity contribution in [2.24, 2.45) is 5.92 Å². The van der Waals surface area contributed by atoms with Gasteiger partial charge in [-0.25, -0.2) is 0 Å². The van der Waals surface area contributed by atoms with Crippen LogP contribution in [0.1, 0.15) is 31.6 Å². The third kappa shape index (κ3) is 4.62. The van der Waals surface area contributed by atoms with Crippen LogP contribution in [-0.4, -0.2) is 36.5 Å². The molecule has 0 aliphatic carbocycles. The maximum Gasteiger partial charge on any atom is 0.227 e. The Bertz CT molecular complexity index is 383. The van der Waals surface area contributed by atoms with Gasteiger partial charge in [0, 0.05) is 24.0 Å². The monoisotopic (exact) mass is 280 g/mol. The summed E-state index contributed by atoms with van der Waals surface area (Å²) in [5, 5.41) is 5.52. The van der Waals surface area contributed by atoms with E-state index < -0.39 is 0 Å². The number of amides is 1. The van der Waals surface area contributed by atoms with E-state index in [4.69, 9.17) is 0 Å². The summed E-state index contributed by atoms with van der Waals surface area (Å²) < 4.78 is 0. The molecule has 1 fully saturated rings. The smallest absolute Gasteiger partial charge is 0.227 e. The van der Waals surface area contributed by atoms with Gasteiger partial charge in [-0.05, 0) is 36.8 Å². The van der Waals surface area contributed by atoms with E-state index >= 15 is 0 Å². The topological polar surface area (TPSA) is 32.3 Å². The van der Waals surface area contributed by atoms with E-state index in [0.29, 0.717) is 18.4 Å². The number of thiophene rings is 1. The highest BCUT2D eigenvalue weighted by atomic mass is 32.1. The van der Waals surface area contributed by atoms with Crippen LogP contribution in [0.2, 0.25) is 0 Å². The number of carbonyl (C=O) groups excluding carboxylic acids is 1. The Kier molecular flexibility index (Phi) is 5.40. The second-order valence-corrected chi connectivity index (χ2v) is 6.77. The van der Waals surface area contributed by atoms with Crippen LogP contribution in [-0.2, 0) is 11.2 Å². The van der Waals surface area contributed by atoms with E-state index in [-0.39, 0.29) is 5.91 Å². The van der Waals surface area contributed by atoms with Gasteiger partial charge in [-0.3, -0.25) is 4.79 Å². The number of carbonyl (C=O) groups is 1. The molecule has 1 aromatic heterocycles. The fraction of sp³-hybridized carbons (Fsp3) is 0.667. The van der Waals surface area contributed by atoms with Crippen LogP contribution < -0.4 is 5.32 Å². The molecule has 3 nitrogen and oxygen atoms in total. The highest BCUT2D eigenvalue weighted by Gasteiger charge is 2.22. The molecular formula is C15H24N2OS. The van der Waals surface area contributed by atoms with Crippen LogP contribution >= 0.6 is 11.3 Å². The van der Waals surface area contributed by atoms with Gasteiger partial charge < -0.3 is 10.2 Å². The van der Waals surface area contributed by atoms with Crippen LogP contribution in [0.5, 0.6) is 0 Å². The molecule has 2 heterocycles. The molecule has 0 radical (unpaired) electrons. The van der Waals surface area contributed by atoms with E-state index in [0.717, 1.165) is 24.5 Å². The molecule has 2 rings (SSSR count). The van der Waals surface area contributed by atoms with Crippen LogP contribution in [0.3, 0.4) is 0 Å². The third-order valence-electron chi connectivity index (χ3n) is 3.45. The van der Waals surface area contributed by atoms with Gasteiger partial charge in [0.25, 0.3) is 0 Å². The largest absolute Gasteiger partial charge is 0.341 e. The maximum absolute atomic E-state index is 12.4. The summed E-state index contributed by atoms with van der Waals surface area (Å²) in [6, 6.07) is 4.55. The minimum absolute atomic E-state index is 0.268. The molecule has 19 heavy (non-hydrogen) atoms. The Hall–Kier alpha value is -0.870. The first-order valence-electron chi connectivity index (χ1n) is 7.18. The fourth-order valence-corrected chi connectivity index (χ4v) is 3.27. The SMILES string of the molecule is CC(C)CN(CC1CCCN1)C(=O)Cc1cccs1. The molecule has 0 aromatic carbocycles. The third-order valence-corrected chi connectivity index (χ3v) is 4.32. The Balaban J connectivity index is 1.92. The van der Waals surface area contributed by atoms with Crippen molar-refractivity contribution in [2.45, 2.75) is 39.2 Å². The number of hydrogen-bond donors (Lipinski definition) is 1. The average molecular weight is 280 g/mol. The highest BCUT2D eigenvalue weighted by Crippen LogP contribution is 2.14. The zero-order chi connectivity index (χ0) is 13.7. The number of rotatable bonds is 6. The molecule has 0 spiro atoms. The fourth-order valence-electron chi connectivity index (χ4n) is 2.57. The number of nitrogens with one attached hydrogen (secondary N) is 1. The standard InChI is InChI=1S/C15H24N2OS/c1-12(2)10-17(11-13-5-3-7-16-13)15(18)9-14-6-4-8-19-14/h4,6,8,12-13,16H,3,5,7,9-11H2,1-2H3. The summed E-state index contributed by atoms with van der Waals surface area (Å²) in [5.41, 5.74) is 0. The van der Waals surface area contributed by atoms with Gasteiger partial charge in [0.15, 0.2) is 0 Å². The molecule has 106 valence electrons. The second kappa shape index (κ2) is 7.06. The Morgan fingerprint density at radius 2 is 2.42 bits per heavy atom. The summed E-state index contributed by atoms with van der Waals surface area (Å²) in [5.74, 6) is 0.790. The van der Waals surface area contributed by atoms with Crippen molar-refractivity contribution in [3.05, 3.63) is 22.4 Å². The molecule has 0 bridgehead atoms. The predicted molar refractivity (Wildman–Crippen MR) is 80.5 cm³/mol. The minimum atomic E-state index is 0.268. The highest BCUT2D eigenvalue weighted by molar-refractivity contribution is 7.10. The van der Waals surface area contributed by atoms with E-state index in [1.54, 1.807) is 11.3 Å². The molecule has 1 unspecified atom stereocenters. The lowest BCUT2D eigenvalue weighted by atomic mass is 10.1. The van der Waals surface area contributed by atoms with Crippen LogP contribution in [0.25, 0.3) is 0 Å².